The maximum absolute atomic E-state index is 12.0. The van der Waals surface area contributed by atoms with Crippen LogP contribution in [0.25, 0.3) is 0 Å². The highest BCUT2D eigenvalue weighted by Gasteiger charge is 2.49. The fourth-order valence-electron chi connectivity index (χ4n) is 2.79. The van der Waals surface area contributed by atoms with Crippen LogP contribution in [0.4, 0.5) is 4.79 Å². The van der Waals surface area contributed by atoms with Crippen LogP contribution in [0.5, 0.6) is 0 Å². The molecule has 16 heavy (non-hydrogen) atoms. The summed E-state index contributed by atoms with van der Waals surface area (Å²) >= 11 is 0. The Labute approximate surface area is 95.9 Å². The van der Waals surface area contributed by atoms with Crippen molar-refractivity contribution in [2.24, 2.45) is 5.92 Å². The van der Waals surface area contributed by atoms with E-state index in [2.05, 4.69) is 0 Å². The molecule has 3 atom stereocenters. The third-order valence-electron chi connectivity index (χ3n) is 3.39. The Kier molecular flexibility index (Phi) is 2.68. The average molecular weight is 225 g/mol. The van der Waals surface area contributed by atoms with Crippen LogP contribution in [0.2, 0.25) is 0 Å². The smallest absolute Gasteiger partial charge is 0.411 e. The Bertz CT molecular complexity index is 308. The summed E-state index contributed by atoms with van der Waals surface area (Å²) in [5.74, 6) is 0.356. The second-order valence-corrected chi connectivity index (χ2v) is 5.74. The van der Waals surface area contributed by atoms with Crippen LogP contribution in [0, 0.1) is 5.92 Å². The number of likely N-dealkylation sites (tertiary alicyclic amines) is 1. The number of nitrogens with zero attached hydrogens (tertiary/aromatic N) is 1. The maximum Gasteiger partial charge on any atom is 0.411 e. The van der Waals surface area contributed by atoms with Gasteiger partial charge in [0.25, 0.3) is 0 Å². The van der Waals surface area contributed by atoms with E-state index >= 15 is 0 Å². The molecule has 1 saturated carbocycles. The molecule has 2 bridgehead atoms. The van der Waals surface area contributed by atoms with E-state index in [4.69, 9.17) is 4.74 Å². The number of amides is 1. The summed E-state index contributed by atoms with van der Waals surface area (Å²) in [5, 5.41) is 0. The van der Waals surface area contributed by atoms with E-state index in [1.54, 1.807) is 4.90 Å². The van der Waals surface area contributed by atoms with Gasteiger partial charge >= 0.3 is 6.09 Å². The highest BCUT2D eigenvalue weighted by atomic mass is 16.6. The molecule has 0 unspecified atom stereocenters. The molecule has 2 aliphatic rings. The number of carbonyl (C=O) groups excluding carboxylic acids is 2. The summed E-state index contributed by atoms with van der Waals surface area (Å²) in [5.41, 5.74) is -0.494. The fraction of sp³-hybridized carbons (Fsp3) is 0.833. The normalized spacial score (nSPS) is 32.9. The minimum Gasteiger partial charge on any atom is -0.444 e. The quantitative estimate of drug-likeness (QED) is 0.641. The summed E-state index contributed by atoms with van der Waals surface area (Å²) < 4.78 is 5.33. The zero-order valence-corrected chi connectivity index (χ0v) is 10.1. The van der Waals surface area contributed by atoms with Crippen molar-refractivity contribution in [2.45, 2.75) is 57.7 Å². The lowest BCUT2D eigenvalue weighted by Crippen LogP contribution is -2.47. The Morgan fingerprint density at radius 2 is 2.06 bits per heavy atom. The molecule has 1 amide bonds. The molecule has 0 N–H and O–H groups in total. The van der Waals surface area contributed by atoms with Gasteiger partial charge in [0, 0.05) is 6.04 Å². The number of hydrogen-bond donors (Lipinski definition) is 0. The molecule has 0 aromatic rings. The first kappa shape index (κ1) is 11.4. The van der Waals surface area contributed by atoms with Gasteiger partial charge in [-0.1, -0.05) is 0 Å². The summed E-state index contributed by atoms with van der Waals surface area (Å²) in [4.78, 5) is 24.6. The lowest BCUT2D eigenvalue weighted by Gasteiger charge is -2.33. The summed E-state index contributed by atoms with van der Waals surface area (Å²) in [6.45, 7) is 5.53. The van der Waals surface area contributed by atoms with Gasteiger partial charge in [0.2, 0.25) is 0 Å². The highest BCUT2D eigenvalue weighted by molar-refractivity contribution is 5.75. The van der Waals surface area contributed by atoms with Crippen molar-refractivity contribution in [1.82, 2.24) is 4.90 Å². The molecule has 4 heteroatoms. The minimum atomic E-state index is -0.494. The van der Waals surface area contributed by atoms with Gasteiger partial charge in [-0.15, -0.1) is 0 Å². The summed E-state index contributed by atoms with van der Waals surface area (Å²) in [7, 11) is 0. The molecule has 1 aliphatic carbocycles. The monoisotopic (exact) mass is 225 g/mol. The Hall–Kier alpha value is -1.06. The molecule has 0 spiro atoms. The molecule has 2 fully saturated rings. The van der Waals surface area contributed by atoms with E-state index < -0.39 is 5.60 Å². The molecule has 1 aliphatic heterocycles. The van der Waals surface area contributed by atoms with Gasteiger partial charge < -0.3 is 9.53 Å². The molecule has 0 aromatic heterocycles. The van der Waals surface area contributed by atoms with Crippen LogP contribution in [0.15, 0.2) is 0 Å². The molecule has 90 valence electrons. The fourth-order valence-corrected chi connectivity index (χ4v) is 2.79. The lowest BCUT2D eigenvalue weighted by atomic mass is 10.0. The molecule has 1 heterocycles. The van der Waals surface area contributed by atoms with E-state index in [0.29, 0.717) is 5.92 Å². The third kappa shape index (κ3) is 1.93. The number of ether oxygens (including phenoxy) is 1. The third-order valence-corrected chi connectivity index (χ3v) is 3.39. The highest BCUT2D eigenvalue weighted by Crippen LogP contribution is 2.42. The van der Waals surface area contributed by atoms with Crippen LogP contribution in [-0.2, 0) is 9.53 Å². The zero-order valence-electron chi connectivity index (χ0n) is 10.1. The largest absolute Gasteiger partial charge is 0.444 e. The van der Waals surface area contributed by atoms with Gasteiger partial charge in [0.1, 0.15) is 11.9 Å². The number of fused-ring (bicyclic) bond motifs is 2. The van der Waals surface area contributed by atoms with Gasteiger partial charge in [0.15, 0.2) is 0 Å². The van der Waals surface area contributed by atoms with E-state index in [-0.39, 0.29) is 18.2 Å². The second kappa shape index (κ2) is 3.75. The van der Waals surface area contributed by atoms with Crippen molar-refractivity contribution >= 4 is 12.4 Å². The Morgan fingerprint density at radius 1 is 1.38 bits per heavy atom. The van der Waals surface area contributed by atoms with Crippen LogP contribution < -0.4 is 0 Å². The van der Waals surface area contributed by atoms with Crippen LogP contribution in [-0.4, -0.2) is 35.0 Å². The van der Waals surface area contributed by atoms with Crippen LogP contribution in [0.1, 0.15) is 40.0 Å². The zero-order chi connectivity index (χ0) is 11.9. The van der Waals surface area contributed by atoms with E-state index in [0.717, 1.165) is 25.5 Å². The predicted octanol–water partition coefficient (Wildman–Crippen LogP) is 1.97. The molecule has 2 rings (SSSR count). The second-order valence-electron chi connectivity index (χ2n) is 5.74. The van der Waals surface area contributed by atoms with Gasteiger partial charge in [-0.25, -0.2) is 4.79 Å². The van der Waals surface area contributed by atoms with Crippen molar-refractivity contribution < 1.29 is 14.3 Å². The van der Waals surface area contributed by atoms with Crippen LogP contribution >= 0.6 is 0 Å². The van der Waals surface area contributed by atoms with Crippen molar-refractivity contribution in [3.63, 3.8) is 0 Å². The lowest BCUT2D eigenvalue weighted by molar-refractivity contribution is -0.113. The Morgan fingerprint density at radius 3 is 2.62 bits per heavy atom. The topological polar surface area (TPSA) is 46.6 Å². The van der Waals surface area contributed by atoms with Crippen molar-refractivity contribution in [3.8, 4) is 0 Å². The maximum atomic E-state index is 12.0. The van der Waals surface area contributed by atoms with Gasteiger partial charge in [0.05, 0.1) is 6.04 Å². The standard InChI is InChI=1S/C12H19NO3/c1-12(2,3)16-11(15)13-9-5-4-8(6-9)10(13)7-14/h7-10H,4-6H2,1-3H3/t8-,9+,10+/m1/s1. The number of rotatable bonds is 1. The van der Waals surface area contributed by atoms with Crippen molar-refractivity contribution in [3.05, 3.63) is 0 Å². The molecule has 1 saturated heterocycles. The summed E-state index contributed by atoms with van der Waals surface area (Å²) in [6, 6.07) is -0.0383. The number of aldehydes is 1. The van der Waals surface area contributed by atoms with Crippen molar-refractivity contribution in [1.29, 1.82) is 0 Å². The first-order valence-corrected chi connectivity index (χ1v) is 5.89. The van der Waals surface area contributed by atoms with Gasteiger partial charge in [-0.2, -0.15) is 0 Å². The predicted molar refractivity (Wildman–Crippen MR) is 59.1 cm³/mol. The number of hydrogen-bond acceptors (Lipinski definition) is 3. The molecular weight excluding hydrogens is 206 g/mol. The van der Waals surface area contributed by atoms with Gasteiger partial charge in [-0.05, 0) is 46.0 Å². The van der Waals surface area contributed by atoms with Crippen LogP contribution in [0.3, 0.4) is 0 Å². The molecule has 0 radical (unpaired) electrons. The van der Waals surface area contributed by atoms with E-state index in [1.165, 1.54) is 0 Å². The number of piperidine rings is 1. The molecule has 4 nitrogen and oxygen atoms in total. The molecular formula is C12H19NO3. The minimum absolute atomic E-state index is 0.218. The summed E-state index contributed by atoms with van der Waals surface area (Å²) in [6.07, 6.45) is 3.59. The SMILES string of the molecule is CC(C)(C)OC(=O)N1[C@H]2CC[C@H](C2)[C@@H]1C=O. The number of carbonyl (C=O) groups is 2. The van der Waals surface area contributed by atoms with E-state index in [9.17, 15) is 9.59 Å². The van der Waals surface area contributed by atoms with E-state index in [1.807, 2.05) is 20.8 Å². The molecule has 0 aromatic carbocycles. The van der Waals surface area contributed by atoms with Gasteiger partial charge in [-0.3, -0.25) is 4.90 Å². The van der Waals surface area contributed by atoms with Crippen molar-refractivity contribution in [2.75, 3.05) is 0 Å². The first-order chi connectivity index (χ1) is 7.42. The average Bonchev–Trinajstić information content (AvgIpc) is 2.72. The Balaban J connectivity index is 2.08. The first-order valence-electron chi connectivity index (χ1n) is 5.89.